The van der Waals surface area contributed by atoms with Crippen molar-refractivity contribution in [3.05, 3.63) is 22.4 Å². The van der Waals surface area contributed by atoms with E-state index in [0.29, 0.717) is 11.7 Å². The minimum atomic E-state index is 0.231. The van der Waals surface area contributed by atoms with Gasteiger partial charge in [0.25, 0.3) is 0 Å². The van der Waals surface area contributed by atoms with Gasteiger partial charge in [-0.1, -0.05) is 13.8 Å². The molecule has 0 aliphatic rings. The number of rotatable bonds is 5. The van der Waals surface area contributed by atoms with Crippen molar-refractivity contribution in [2.75, 3.05) is 0 Å². The lowest BCUT2D eigenvalue weighted by molar-refractivity contribution is -0.122. The van der Waals surface area contributed by atoms with Gasteiger partial charge in [-0.2, -0.15) is 11.3 Å². The Labute approximate surface area is 90.2 Å². The number of aryl methyl sites for hydroxylation is 1. The highest BCUT2D eigenvalue weighted by molar-refractivity contribution is 7.07. The van der Waals surface area contributed by atoms with Crippen LogP contribution in [-0.2, 0) is 11.2 Å². The Morgan fingerprint density at radius 3 is 2.64 bits per heavy atom. The number of carbonyl (C=O) groups excluding carboxylic acids is 1. The smallest absolute Gasteiger partial charge is 0.133 e. The van der Waals surface area contributed by atoms with E-state index in [9.17, 15) is 4.79 Å². The summed E-state index contributed by atoms with van der Waals surface area (Å²) in [5.74, 6) is 1.02. The van der Waals surface area contributed by atoms with Crippen molar-refractivity contribution in [1.82, 2.24) is 0 Å². The zero-order chi connectivity index (χ0) is 10.6. The summed E-state index contributed by atoms with van der Waals surface area (Å²) in [6, 6.07) is 2.14. The van der Waals surface area contributed by atoms with Gasteiger partial charge in [0.05, 0.1) is 0 Å². The zero-order valence-corrected chi connectivity index (χ0v) is 9.93. The predicted molar refractivity (Wildman–Crippen MR) is 61.6 cm³/mol. The van der Waals surface area contributed by atoms with Crippen LogP contribution in [0.15, 0.2) is 16.8 Å². The molecule has 0 bridgehead atoms. The van der Waals surface area contributed by atoms with Crippen molar-refractivity contribution in [1.29, 1.82) is 0 Å². The van der Waals surface area contributed by atoms with E-state index in [4.69, 9.17) is 0 Å². The number of ketones is 1. The Morgan fingerprint density at radius 2 is 2.21 bits per heavy atom. The molecule has 78 valence electrons. The van der Waals surface area contributed by atoms with Crippen molar-refractivity contribution in [2.45, 2.75) is 33.6 Å². The third-order valence-electron chi connectivity index (χ3n) is 2.65. The van der Waals surface area contributed by atoms with Crippen molar-refractivity contribution < 1.29 is 4.79 Å². The van der Waals surface area contributed by atoms with Crippen LogP contribution < -0.4 is 0 Å². The summed E-state index contributed by atoms with van der Waals surface area (Å²) in [5.41, 5.74) is 1.36. The van der Waals surface area contributed by atoms with Crippen LogP contribution in [0.3, 0.4) is 0 Å². The van der Waals surface area contributed by atoms with Crippen LogP contribution in [0.2, 0.25) is 0 Å². The molecule has 0 aliphatic heterocycles. The van der Waals surface area contributed by atoms with E-state index in [0.717, 1.165) is 12.8 Å². The highest BCUT2D eigenvalue weighted by Crippen LogP contribution is 2.20. The SMILES string of the molecule is CC(=O)C(CCc1ccsc1)C(C)C. The van der Waals surface area contributed by atoms with E-state index < -0.39 is 0 Å². The Hall–Kier alpha value is -0.630. The van der Waals surface area contributed by atoms with E-state index in [1.807, 2.05) is 0 Å². The van der Waals surface area contributed by atoms with Crippen molar-refractivity contribution >= 4 is 17.1 Å². The molecule has 0 radical (unpaired) electrons. The van der Waals surface area contributed by atoms with Crippen LogP contribution in [0.25, 0.3) is 0 Å². The molecule has 0 spiro atoms. The first-order valence-electron chi connectivity index (χ1n) is 5.12. The minimum Gasteiger partial charge on any atom is -0.300 e. The second kappa shape index (κ2) is 5.30. The van der Waals surface area contributed by atoms with Gasteiger partial charge >= 0.3 is 0 Å². The Balaban J connectivity index is 2.45. The van der Waals surface area contributed by atoms with E-state index in [-0.39, 0.29) is 5.92 Å². The summed E-state index contributed by atoms with van der Waals surface area (Å²) in [7, 11) is 0. The standard InChI is InChI=1S/C12H18OS/c1-9(2)12(10(3)13)5-4-11-6-7-14-8-11/h6-9,12H,4-5H2,1-3H3. The fraction of sp³-hybridized carbons (Fsp3) is 0.583. The molecule has 14 heavy (non-hydrogen) atoms. The van der Waals surface area contributed by atoms with Gasteiger partial charge < -0.3 is 0 Å². The molecule has 0 aromatic carbocycles. The lowest BCUT2D eigenvalue weighted by atomic mass is 9.87. The maximum atomic E-state index is 11.3. The minimum absolute atomic E-state index is 0.231. The van der Waals surface area contributed by atoms with Crippen LogP contribution >= 0.6 is 11.3 Å². The van der Waals surface area contributed by atoms with E-state index in [2.05, 4.69) is 30.7 Å². The number of thiophene rings is 1. The fourth-order valence-corrected chi connectivity index (χ4v) is 2.47. The Morgan fingerprint density at radius 1 is 1.50 bits per heavy atom. The lowest BCUT2D eigenvalue weighted by Gasteiger charge is -2.16. The average Bonchev–Trinajstić information content (AvgIpc) is 2.55. The maximum absolute atomic E-state index is 11.3. The third-order valence-corrected chi connectivity index (χ3v) is 3.38. The quantitative estimate of drug-likeness (QED) is 0.726. The molecule has 0 amide bonds. The Kier molecular flexibility index (Phi) is 4.33. The predicted octanol–water partition coefficient (Wildman–Crippen LogP) is 3.54. The van der Waals surface area contributed by atoms with Gasteiger partial charge in [0.2, 0.25) is 0 Å². The van der Waals surface area contributed by atoms with Crippen LogP contribution in [0.4, 0.5) is 0 Å². The van der Waals surface area contributed by atoms with Crippen molar-refractivity contribution in [3.63, 3.8) is 0 Å². The van der Waals surface area contributed by atoms with E-state index in [1.54, 1.807) is 18.3 Å². The first kappa shape index (κ1) is 11.4. The van der Waals surface area contributed by atoms with Crippen LogP contribution in [0.1, 0.15) is 32.8 Å². The first-order chi connectivity index (χ1) is 6.61. The molecule has 0 saturated heterocycles. The zero-order valence-electron chi connectivity index (χ0n) is 9.12. The second-order valence-corrected chi connectivity index (χ2v) is 4.91. The molecule has 1 rings (SSSR count). The monoisotopic (exact) mass is 210 g/mol. The summed E-state index contributed by atoms with van der Waals surface area (Å²) < 4.78 is 0. The van der Waals surface area contributed by atoms with Crippen molar-refractivity contribution in [2.24, 2.45) is 11.8 Å². The Bertz CT molecular complexity index is 275. The maximum Gasteiger partial charge on any atom is 0.133 e. The molecule has 1 aromatic heterocycles. The highest BCUT2D eigenvalue weighted by Gasteiger charge is 2.17. The third kappa shape index (κ3) is 3.26. The van der Waals surface area contributed by atoms with Gasteiger partial charge in [0, 0.05) is 5.92 Å². The van der Waals surface area contributed by atoms with Gasteiger partial charge in [0.15, 0.2) is 0 Å². The number of hydrogen-bond donors (Lipinski definition) is 0. The van der Waals surface area contributed by atoms with Crippen LogP contribution in [0, 0.1) is 11.8 Å². The molecule has 0 saturated carbocycles. The summed E-state index contributed by atoms with van der Waals surface area (Å²) >= 11 is 1.72. The molecule has 1 atom stereocenters. The highest BCUT2D eigenvalue weighted by atomic mass is 32.1. The molecule has 2 heteroatoms. The fourth-order valence-electron chi connectivity index (χ4n) is 1.76. The summed E-state index contributed by atoms with van der Waals surface area (Å²) in [6.45, 7) is 5.96. The van der Waals surface area contributed by atoms with Gasteiger partial charge in [-0.15, -0.1) is 0 Å². The van der Waals surface area contributed by atoms with Crippen LogP contribution in [0.5, 0.6) is 0 Å². The molecule has 1 unspecified atom stereocenters. The molecule has 1 aromatic rings. The summed E-state index contributed by atoms with van der Waals surface area (Å²) in [6.07, 6.45) is 2.02. The number of Topliss-reactive ketones (excluding diaryl/α,β-unsaturated/α-hetero) is 1. The first-order valence-corrected chi connectivity index (χ1v) is 6.07. The van der Waals surface area contributed by atoms with Gasteiger partial charge in [-0.3, -0.25) is 4.79 Å². The normalized spacial score (nSPS) is 13.1. The summed E-state index contributed by atoms with van der Waals surface area (Å²) in [5, 5.41) is 4.25. The lowest BCUT2D eigenvalue weighted by Crippen LogP contribution is -2.18. The second-order valence-electron chi connectivity index (χ2n) is 4.13. The largest absolute Gasteiger partial charge is 0.300 e. The average molecular weight is 210 g/mol. The van der Waals surface area contributed by atoms with Gasteiger partial charge in [-0.05, 0) is 48.1 Å². The van der Waals surface area contributed by atoms with Gasteiger partial charge in [-0.25, -0.2) is 0 Å². The summed E-state index contributed by atoms with van der Waals surface area (Å²) in [4.78, 5) is 11.3. The van der Waals surface area contributed by atoms with Crippen LogP contribution in [-0.4, -0.2) is 5.78 Å². The van der Waals surface area contributed by atoms with Gasteiger partial charge in [0.1, 0.15) is 5.78 Å². The molecular formula is C12H18OS. The molecular weight excluding hydrogens is 192 g/mol. The number of hydrogen-bond acceptors (Lipinski definition) is 2. The van der Waals surface area contributed by atoms with E-state index >= 15 is 0 Å². The van der Waals surface area contributed by atoms with Crippen molar-refractivity contribution in [3.8, 4) is 0 Å². The molecule has 0 aliphatic carbocycles. The molecule has 0 fully saturated rings. The molecule has 1 heterocycles. The van der Waals surface area contributed by atoms with E-state index in [1.165, 1.54) is 5.56 Å². The topological polar surface area (TPSA) is 17.1 Å². The number of carbonyl (C=O) groups is 1. The molecule has 0 N–H and O–H groups in total. The molecule has 1 nitrogen and oxygen atoms in total.